The van der Waals surface area contributed by atoms with E-state index in [0.29, 0.717) is 13.1 Å². The van der Waals surface area contributed by atoms with Crippen LogP contribution in [0, 0.1) is 0 Å². The van der Waals surface area contributed by atoms with Gasteiger partial charge >= 0.3 is 6.61 Å². The summed E-state index contributed by atoms with van der Waals surface area (Å²) in [4.78, 5) is 6.69. The van der Waals surface area contributed by atoms with Crippen molar-refractivity contribution >= 4 is 29.9 Å². The van der Waals surface area contributed by atoms with Gasteiger partial charge in [0.2, 0.25) is 0 Å². The SMILES string of the molecule is CCNC(=NCc1nnc2n1CCCC2)N(C)Cc1ccc(OC(F)F)cc1.I. The fraction of sp³-hybridized carbons (Fsp3) is 0.526. The molecule has 1 aliphatic heterocycles. The van der Waals surface area contributed by atoms with Gasteiger partial charge in [0.1, 0.15) is 18.1 Å². The first kappa shape index (κ1) is 23.3. The summed E-state index contributed by atoms with van der Waals surface area (Å²) in [5.74, 6) is 2.83. The van der Waals surface area contributed by atoms with Crippen LogP contribution < -0.4 is 10.1 Å². The average Bonchev–Trinajstić information content (AvgIpc) is 3.09. The van der Waals surface area contributed by atoms with Crippen molar-refractivity contribution in [2.75, 3.05) is 13.6 Å². The van der Waals surface area contributed by atoms with Gasteiger partial charge in [0.15, 0.2) is 11.8 Å². The van der Waals surface area contributed by atoms with E-state index in [0.717, 1.165) is 55.5 Å². The van der Waals surface area contributed by atoms with Crippen LogP contribution in [0.3, 0.4) is 0 Å². The highest BCUT2D eigenvalue weighted by Gasteiger charge is 2.16. The Bertz CT molecular complexity index is 796. The van der Waals surface area contributed by atoms with Crippen LogP contribution in [0.15, 0.2) is 29.3 Å². The second-order valence-electron chi connectivity index (χ2n) is 6.69. The number of nitrogens with one attached hydrogen (secondary N) is 1. The number of aromatic nitrogens is 3. The molecule has 0 radical (unpaired) electrons. The van der Waals surface area contributed by atoms with Crippen molar-refractivity contribution in [1.82, 2.24) is 25.0 Å². The standard InChI is InChI=1S/C19H26F2N6O.HI/c1-3-22-19(23-12-17-25-24-16-6-4-5-11-27(16)17)26(2)13-14-7-9-15(10-8-14)28-18(20)21;/h7-10,18H,3-6,11-13H2,1-2H3,(H,22,23);1H. The lowest BCUT2D eigenvalue weighted by molar-refractivity contribution is -0.0498. The first-order chi connectivity index (χ1) is 13.6. The maximum Gasteiger partial charge on any atom is 0.387 e. The molecule has 0 aliphatic carbocycles. The van der Waals surface area contributed by atoms with E-state index < -0.39 is 6.61 Å². The molecular weight excluding hydrogens is 493 g/mol. The van der Waals surface area contributed by atoms with Gasteiger partial charge in [0, 0.05) is 33.1 Å². The maximum atomic E-state index is 12.3. The number of benzene rings is 1. The van der Waals surface area contributed by atoms with Crippen LogP contribution in [0.1, 0.15) is 37.0 Å². The Balaban J connectivity index is 0.00000300. The fourth-order valence-corrected chi connectivity index (χ4v) is 3.23. The molecular formula is C19H27F2IN6O. The van der Waals surface area contributed by atoms with Gasteiger partial charge in [-0.15, -0.1) is 34.2 Å². The summed E-state index contributed by atoms with van der Waals surface area (Å²) in [5.41, 5.74) is 0.967. The number of guanidine groups is 1. The summed E-state index contributed by atoms with van der Waals surface area (Å²) in [7, 11) is 1.93. The smallest absolute Gasteiger partial charge is 0.387 e. The van der Waals surface area contributed by atoms with Gasteiger partial charge in [0.05, 0.1) is 0 Å². The fourth-order valence-electron chi connectivity index (χ4n) is 3.23. The molecule has 0 spiro atoms. The molecule has 1 aromatic carbocycles. The number of hydrogen-bond donors (Lipinski definition) is 1. The quantitative estimate of drug-likeness (QED) is 0.345. The highest BCUT2D eigenvalue weighted by Crippen LogP contribution is 2.17. The molecule has 0 atom stereocenters. The number of halogens is 3. The number of hydrogen-bond acceptors (Lipinski definition) is 4. The zero-order valence-corrected chi connectivity index (χ0v) is 19.0. The lowest BCUT2D eigenvalue weighted by Gasteiger charge is -2.22. The van der Waals surface area contributed by atoms with E-state index in [1.165, 1.54) is 0 Å². The number of fused-ring (bicyclic) bond motifs is 1. The first-order valence-corrected chi connectivity index (χ1v) is 9.51. The monoisotopic (exact) mass is 520 g/mol. The summed E-state index contributed by atoms with van der Waals surface area (Å²) in [6.45, 7) is 1.93. The topological polar surface area (TPSA) is 67.6 Å². The third-order valence-corrected chi connectivity index (χ3v) is 4.57. The molecule has 10 heteroatoms. The van der Waals surface area contributed by atoms with E-state index in [1.807, 2.05) is 18.9 Å². The minimum atomic E-state index is -2.82. The van der Waals surface area contributed by atoms with Crippen molar-refractivity contribution in [3.05, 3.63) is 41.5 Å². The van der Waals surface area contributed by atoms with Gasteiger partial charge in [-0.25, -0.2) is 4.99 Å². The van der Waals surface area contributed by atoms with Crippen molar-refractivity contribution in [3.63, 3.8) is 0 Å². The van der Waals surface area contributed by atoms with Crippen LogP contribution in [-0.4, -0.2) is 45.8 Å². The second-order valence-corrected chi connectivity index (χ2v) is 6.69. The molecule has 3 rings (SSSR count). The van der Waals surface area contributed by atoms with Gasteiger partial charge in [-0.3, -0.25) is 0 Å². The Kier molecular flexibility index (Phi) is 9.05. The number of ether oxygens (including phenoxy) is 1. The number of aryl methyl sites for hydroxylation is 1. The van der Waals surface area contributed by atoms with Gasteiger partial charge in [-0.05, 0) is 37.5 Å². The summed E-state index contributed by atoms with van der Waals surface area (Å²) in [5, 5.41) is 11.8. The zero-order valence-electron chi connectivity index (χ0n) is 16.6. The third kappa shape index (κ3) is 6.51. The molecule has 0 bridgehead atoms. The summed E-state index contributed by atoms with van der Waals surface area (Å²) < 4.78 is 31.1. The number of rotatable bonds is 7. The lowest BCUT2D eigenvalue weighted by atomic mass is 10.2. The van der Waals surface area contributed by atoms with Gasteiger partial charge < -0.3 is 19.5 Å². The molecule has 0 saturated carbocycles. The minimum Gasteiger partial charge on any atom is -0.435 e. The Hall–Kier alpha value is -1.98. The molecule has 29 heavy (non-hydrogen) atoms. The molecule has 7 nitrogen and oxygen atoms in total. The molecule has 0 fully saturated rings. The Morgan fingerprint density at radius 1 is 1.28 bits per heavy atom. The molecule has 0 amide bonds. The Labute approximate surface area is 186 Å². The highest BCUT2D eigenvalue weighted by molar-refractivity contribution is 14.0. The predicted octanol–water partition coefficient (Wildman–Crippen LogP) is 3.43. The van der Waals surface area contributed by atoms with Crippen molar-refractivity contribution in [3.8, 4) is 5.75 Å². The first-order valence-electron chi connectivity index (χ1n) is 9.51. The molecule has 0 unspecified atom stereocenters. The zero-order chi connectivity index (χ0) is 19.9. The van der Waals surface area contributed by atoms with Crippen LogP contribution >= 0.6 is 24.0 Å². The summed E-state index contributed by atoms with van der Waals surface area (Å²) in [6.07, 6.45) is 3.28. The third-order valence-electron chi connectivity index (χ3n) is 4.57. The van der Waals surface area contributed by atoms with Crippen LogP contribution in [0.5, 0.6) is 5.75 Å². The van der Waals surface area contributed by atoms with E-state index in [9.17, 15) is 8.78 Å². The van der Waals surface area contributed by atoms with E-state index in [-0.39, 0.29) is 29.7 Å². The van der Waals surface area contributed by atoms with Crippen molar-refractivity contribution in [1.29, 1.82) is 0 Å². The molecule has 1 aromatic heterocycles. The van der Waals surface area contributed by atoms with Gasteiger partial charge in [0.25, 0.3) is 0 Å². The van der Waals surface area contributed by atoms with Crippen LogP contribution in [-0.2, 0) is 26.1 Å². The minimum absolute atomic E-state index is 0. The Morgan fingerprint density at radius 2 is 2.03 bits per heavy atom. The lowest BCUT2D eigenvalue weighted by Crippen LogP contribution is -2.38. The van der Waals surface area contributed by atoms with Crippen LogP contribution in [0.4, 0.5) is 8.78 Å². The van der Waals surface area contributed by atoms with E-state index in [4.69, 9.17) is 4.99 Å². The summed E-state index contributed by atoms with van der Waals surface area (Å²) >= 11 is 0. The normalized spacial score (nSPS) is 13.6. The highest BCUT2D eigenvalue weighted by atomic mass is 127. The van der Waals surface area contributed by atoms with E-state index >= 15 is 0 Å². The molecule has 160 valence electrons. The molecule has 1 N–H and O–H groups in total. The number of alkyl halides is 2. The molecule has 1 aliphatic rings. The van der Waals surface area contributed by atoms with Crippen molar-refractivity contribution in [2.45, 2.75) is 52.4 Å². The van der Waals surface area contributed by atoms with Crippen molar-refractivity contribution in [2.24, 2.45) is 4.99 Å². The van der Waals surface area contributed by atoms with Gasteiger partial charge in [-0.2, -0.15) is 8.78 Å². The van der Waals surface area contributed by atoms with Gasteiger partial charge in [-0.1, -0.05) is 12.1 Å². The van der Waals surface area contributed by atoms with Crippen molar-refractivity contribution < 1.29 is 13.5 Å². The largest absolute Gasteiger partial charge is 0.435 e. The molecule has 2 heterocycles. The maximum absolute atomic E-state index is 12.3. The average molecular weight is 520 g/mol. The number of aliphatic imine (C=N–C) groups is 1. The van der Waals surface area contributed by atoms with E-state index in [1.54, 1.807) is 24.3 Å². The summed E-state index contributed by atoms with van der Waals surface area (Å²) in [6, 6.07) is 6.63. The predicted molar refractivity (Wildman–Crippen MR) is 118 cm³/mol. The van der Waals surface area contributed by atoms with Crippen LogP contribution in [0.2, 0.25) is 0 Å². The van der Waals surface area contributed by atoms with Crippen LogP contribution in [0.25, 0.3) is 0 Å². The Morgan fingerprint density at radius 3 is 2.72 bits per heavy atom. The molecule has 0 saturated heterocycles. The second kappa shape index (κ2) is 11.3. The molecule has 2 aromatic rings. The van der Waals surface area contributed by atoms with E-state index in [2.05, 4.69) is 24.8 Å². The number of nitrogens with zero attached hydrogens (tertiary/aromatic N) is 5.